The lowest BCUT2D eigenvalue weighted by molar-refractivity contribution is 0.312. The molecule has 4 rings (SSSR count). The lowest BCUT2D eigenvalue weighted by Crippen LogP contribution is -2.04. The first-order valence-corrected chi connectivity index (χ1v) is 9.98. The molecule has 3 aromatic rings. The third-order valence-electron chi connectivity index (χ3n) is 4.44. The van der Waals surface area contributed by atoms with Crippen molar-refractivity contribution in [3.8, 4) is 11.3 Å². The molecule has 1 aliphatic carbocycles. The fraction of sp³-hybridized carbons (Fsp3) is 0.238. The van der Waals surface area contributed by atoms with E-state index in [0.29, 0.717) is 35.3 Å². The maximum Gasteiger partial charge on any atom is 0.223 e. The van der Waals surface area contributed by atoms with Gasteiger partial charge in [0.2, 0.25) is 5.89 Å². The Kier molecular flexibility index (Phi) is 5.32. The molecule has 2 heterocycles. The fourth-order valence-electron chi connectivity index (χ4n) is 2.92. The number of hydrogen-bond acceptors (Lipinski definition) is 4. The highest BCUT2D eigenvalue weighted by molar-refractivity contribution is 7.99. The van der Waals surface area contributed by atoms with E-state index in [1.807, 2.05) is 43.3 Å². The molecule has 0 radical (unpaired) electrons. The van der Waals surface area contributed by atoms with Crippen molar-refractivity contribution in [1.29, 1.82) is 0 Å². The number of alkyl halides is 1. The second-order valence-corrected chi connectivity index (χ2v) is 7.97. The standard InChI is InChI=1S/C21H18ClFN2OS/c1-13-2-4-14(5-3-13)19-21(27-18-11-8-16(22)12-24-18)26-20(25-19)15-6-9-17(23)10-7-15/h2-6,8,11-12,17H,7,9-10H2,1H3. The van der Waals surface area contributed by atoms with Crippen LogP contribution in [0.5, 0.6) is 0 Å². The molecule has 0 saturated heterocycles. The summed E-state index contributed by atoms with van der Waals surface area (Å²) >= 11 is 7.34. The van der Waals surface area contributed by atoms with Crippen LogP contribution in [-0.4, -0.2) is 16.1 Å². The summed E-state index contributed by atoms with van der Waals surface area (Å²) in [5.74, 6) is 0.564. The second kappa shape index (κ2) is 7.87. The molecule has 0 fully saturated rings. The highest BCUT2D eigenvalue weighted by Gasteiger charge is 2.22. The molecule has 0 spiro atoms. The molecule has 0 amide bonds. The van der Waals surface area contributed by atoms with Gasteiger partial charge < -0.3 is 4.42 Å². The van der Waals surface area contributed by atoms with Gasteiger partial charge in [0.25, 0.3) is 0 Å². The molecule has 27 heavy (non-hydrogen) atoms. The van der Waals surface area contributed by atoms with Crippen LogP contribution in [0, 0.1) is 6.92 Å². The third kappa shape index (κ3) is 4.25. The Labute approximate surface area is 166 Å². The number of benzene rings is 1. The number of nitrogens with zero attached hydrogens (tertiary/aromatic N) is 2. The molecule has 1 unspecified atom stereocenters. The van der Waals surface area contributed by atoms with Crippen LogP contribution in [0.3, 0.4) is 0 Å². The highest BCUT2D eigenvalue weighted by Crippen LogP contribution is 2.39. The Bertz CT molecular complexity index is 967. The average Bonchev–Trinajstić information content (AvgIpc) is 3.08. The van der Waals surface area contributed by atoms with Gasteiger partial charge in [-0.25, -0.2) is 14.4 Å². The molecular weight excluding hydrogens is 383 g/mol. The minimum Gasteiger partial charge on any atom is -0.429 e. The Hall–Kier alpha value is -2.11. The molecule has 0 saturated carbocycles. The lowest BCUT2D eigenvalue weighted by atomic mass is 9.98. The molecule has 0 N–H and O–H groups in total. The number of pyridine rings is 1. The van der Waals surface area contributed by atoms with Crippen LogP contribution in [-0.2, 0) is 0 Å². The van der Waals surface area contributed by atoms with E-state index < -0.39 is 6.17 Å². The zero-order valence-corrected chi connectivity index (χ0v) is 16.4. The van der Waals surface area contributed by atoms with Gasteiger partial charge in [-0.15, -0.1) is 0 Å². The monoisotopic (exact) mass is 400 g/mol. The van der Waals surface area contributed by atoms with E-state index in [4.69, 9.17) is 21.0 Å². The van der Waals surface area contributed by atoms with Crippen LogP contribution in [0.15, 0.2) is 63.2 Å². The van der Waals surface area contributed by atoms with E-state index in [9.17, 15) is 4.39 Å². The van der Waals surface area contributed by atoms with Crippen LogP contribution in [0.1, 0.15) is 30.7 Å². The van der Waals surface area contributed by atoms with Gasteiger partial charge in [-0.3, -0.25) is 0 Å². The van der Waals surface area contributed by atoms with Crippen LogP contribution in [0.2, 0.25) is 5.02 Å². The van der Waals surface area contributed by atoms with Gasteiger partial charge in [-0.2, -0.15) is 0 Å². The zero-order valence-electron chi connectivity index (χ0n) is 14.8. The fourth-order valence-corrected chi connectivity index (χ4v) is 3.84. The number of halogens is 2. The number of allylic oxidation sites excluding steroid dienone is 2. The Morgan fingerprint density at radius 3 is 2.67 bits per heavy atom. The first-order chi connectivity index (χ1) is 13.1. The molecule has 1 aromatic carbocycles. The topological polar surface area (TPSA) is 38.9 Å². The van der Waals surface area contributed by atoms with Gasteiger partial charge in [0.1, 0.15) is 16.9 Å². The smallest absolute Gasteiger partial charge is 0.223 e. The molecule has 1 aliphatic rings. The molecule has 0 bridgehead atoms. The largest absolute Gasteiger partial charge is 0.429 e. The minimum absolute atomic E-state index is 0.415. The zero-order chi connectivity index (χ0) is 18.8. The molecule has 3 nitrogen and oxygen atoms in total. The summed E-state index contributed by atoms with van der Waals surface area (Å²) in [7, 11) is 0. The number of aryl methyl sites for hydroxylation is 1. The van der Waals surface area contributed by atoms with Gasteiger partial charge in [-0.1, -0.05) is 47.5 Å². The summed E-state index contributed by atoms with van der Waals surface area (Å²) in [5.41, 5.74) is 3.90. The summed E-state index contributed by atoms with van der Waals surface area (Å²) in [4.78, 5) is 9.07. The lowest BCUT2D eigenvalue weighted by Gasteiger charge is -2.13. The molecule has 138 valence electrons. The maximum absolute atomic E-state index is 13.5. The number of oxazole rings is 1. The van der Waals surface area contributed by atoms with Crippen molar-refractivity contribution in [1.82, 2.24) is 9.97 Å². The highest BCUT2D eigenvalue weighted by atomic mass is 35.5. The summed E-state index contributed by atoms with van der Waals surface area (Å²) in [5, 5.41) is 2.04. The quantitative estimate of drug-likeness (QED) is 0.485. The Balaban J connectivity index is 1.72. The van der Waals surface area contributed by atoms with Crippen molar-refractivity contribution in [2.75, 3.05) is 0 Å². The van der Waals surface area contributed by atoms with E-state index >= 15 is 0 Å². The average molecular weight is 401 g/mol. The van der Waals surface area contributed by atoms with Crippen LogP contribution in [0.25, 0.3) is 16.8 Å². The Morgan fingerprint density at radius 2 is 2.00 bits per heavy atom. The summed E-state index contributed by atoms with van der Waals surface area (Å²) in [6.07, 6.45) is 4.30. The number of rotatable bonds is 4. The summed E-state index contributed by atoms with van der Waals surface area (Å²) < 4.78 is 19.6. The minimum atomic E-state index is -0.771. The van der Waals surface area contributed by atoms with E-state index in [0.717, 1.165) is 21.9 Å². The molecular formula is C21H18ClFN2OS. The van der Waals surface area contributed by atoms with Crippen LogP contribution in [0.4, 0.5) is 4.39 Å². The number of hydrogen-bond donors (Lipinski definition) is 0. The molecule has 0 aliphatic heterocycles. The van der Waals surface area contributed by atoms with Crippen molar-refractivity contribution in [3.05, 3.63) is 65.1 Å². The molecule has 1 atom stereocenters. The van der Waals surface area contributed by atoms with Crippen molar-refractivity contribution in [3.63, 3.8) is 0 Å². The predicted octanol–water partition coefficient (Wildman–Crippen LogP) is 6.76. The van der Waals surface area contributed by atoms with Crippen LogP contribution >= 0.6 is 23.4 Å². The van der Waals surface area contributed by atoms with E-state index in [-0.39, 0.29) is 0 Å². The van der Waals surface area contributed by atoms with E-state index in [1.165, 1.54) is 17.3 Å². The maximum atomic E-state index is 13.5. The van der Waals surface area contributed by atoms with E-state index in [1.54, 1.807) is 12.3 Å². The number of aromatic nitrogens is 2. The van der Waals surface area contributed by atoms with Gasteiger partial charge in [0.15, 0.2) is 5.09 Å². The normalized spacial score (nSPS) is 17.0. The van der Waals surface area contributed by atoms with Crippen molar-refractivity contribution in [2.24, 2.45) is 0 Å². The third-order valence-corrected chi connectivity index (χ3v) is 5.58. The van der Waals surface area contributed by atoms with Crippen molar-refractivity contribution >= 4 is 28.9 Å². The predicted molar refractivity (Wildman–Crippen MR) is 107 cm³/mol. The first kappa shape index (κ1) is 18.3. The first-order valence-electron chi connectivity index (χ1n) is 8.79. The van der Waals surface area contributed by atoms with Gasteiger partial charge in [0, 0.05) is 17.3 Å². The van der Waals surface area contributed by atoms with E-state index in [2.05, 4.69) is 4.98 Å². The van der Waals surface area contributed by atoms with Crippen LogP contribution < -0.4 is 0 Å². The van der Waals surface area contributed by atoms with Gasteiger partial charge in [-0.05, 0) is 50.1 Å². The second-order valence-electron chi connectivity index (χ2n) is 6.54. The summed E-state index contributed by atoms with van der Waals surface area (Å²) in [6.45, 7) is 2.05. The summed E-state index contributed by atoms with van der Waals surface area (Å²) in [6, 6.07) is 11.8. The van der Waals surface area contributed by atoms with Crippen molar-refractivity contribution in [2.45, 2.75) is 42.5 Å². The van der Waals surface area contributed by atoms with Crippen molar-refractivity contribution < 1.29 is 8.81 Å². The molecule has 6 heteroatoms. The van der Waals surface area contributed by atoms with Gasteiger partial charge >= 0.3 is 0 Å². The SMILES string of the molecule is Cc1ccc(-c2nc(C3=CCC(F)CC3)oc2Sc2ccc(Cl)cn2)cc1. The molecule has 2 aromatic heterocycles. The van der Waals surface area contributed by atoms with Gasteiger partial charge in [0.05, 0.1) is 5.02 Å². The Morgan fingerprint density at radius 1 is 1.19 bits per heavy atom.